The fraction of sp³-hybridized carbons (Fsp3) is 0.833. The molecule has 1 saturated carbocycles. The summed E-state index contributed by atoms with van der Waals surface area (Å²) >= 11 is 0. The van der Waals surface area contributed by atoms with Gasteiger partial charge in [-0.2, -0.15) is 0 Å². The fourth-order valence-corrected chi connectivity index (χ4v) is 2.06. The molecule has 0 bridgehead atoms. The van der Waals surface area contributed by atoms with E-state index >= 15 is 0 Å². The van der Waals surface area contributed by atoms with Crippen LogP contribution in [-0.4, -0.2) is 30.1 Å². The Morgan fingerprint density at radius 2 is 2.12 bits per heavy atom. The van der Waals surface area contributed by atoms with E-state index in [1.54, 1.807) is 0 Å². The molecule has 4 N–H and O–H groups in total. The molecule has 98 valence electrons. The third-order valence-corrected chi connectivity index (χ3v) is 3.65. The lowest BCUT2D eigenvalue weighted by Crippen LogP contribution is -2.48. The second-order valence-electron chi connectivity index (χ2n) is 4.99. The van der Waals surface area contributed by atoms with Crippen molar-refractivity contribution in [1.82, 2.24) is 5.32 Å². The van der Waals surface area contributed by atoms with Crippen LogP contribution in [0, 0.1) is 11.3 Å². The van der Waals surface area contributed by atoms with Gasteiger partial charge in [-0.3, -0.25) is 9.59 Å². The predicted molar refractivity (Wildman–Crippen MR) is 64.4 cm³/mol. The van der Waals surface area contributed by atoms with Crippen LogP contribution < -0.4 is 11.1 Å². The molecule has 0 spiro atoms. The highest BCUT2D eigenvalue weighted by Gasteiger charge is 2.44. The van der Waals surface area contributed by atoms with Crippen LogP contribution in [0.4, 0.5) is 0 Å². The quantitative estimate of drug-likeness (QED) is 0.613. The van der Waals surface area contributed by atoms with E-state index in [0.717, 1.165) is 19.3 Å². The van der Waals surface area contributed by atoms with Crippen LogP contribution in [0.5, 0.6) is 0 Å². The van der Waals surface area contributed by atoms with E-state index in [9.17, 15) is 9.59 Å². The van der Waals surface area contributed by atoms with Crippen molar-refractivity contribution in [1.29, 1.82) is 0 Å². The number of amides is 1. The molecule has 1 unspecified atom stereocenters. The van der Waals surface area contributed by atoms with Gasteiger partial charge in [-0.15, -0.1) is 0 Å². The van der Waals surface area contributed by atoms with Crippen molar-refractivity contribution in [3.63, 3.8) is 0 Å². The number of carbonyl (C=O) groups excluding carboxylic acids is 1. The lowest BCUT2D eigenvalue weighted by molar-refractivity contribution is -0.154. The molecule has 5 nitrogen and oxygen atoms in total. The molecule has 1 amide bonds. The van der Waals surface area contributed by atoms with E-state index in [0.29, 0.717) is 19.4 Å². The van der Waals surface area contributed by atoms with Gasteiger partial charge >= 0.3 is 5.97 Å². The number of nitrogens with one attached hydrogen (secondary N) is 1. The molecule has 1 aliphatic rings. The first-order chi connectivity index (χ1) is 8.02. The Kier molecular flexibility index (Phi) is 4.93. The molecule has 5 heteroatoms. The topological polar surface area (TPSA) is 92.4 Å². The Morgan fingerprint density at radius 3 is 2.53 bits per heavy atom. The molecule has 1 fully saturated rings. The molecule has 0 aromatic heterocycles. The molecule has 0 aliphatic heterocycles. The summed E-state index contributed by atoms with van der Waals surface area (Å²) in [5, 5.41) is 11.9. The van der Waals surface area contributed by atoms with Gasteiger partial charge in [0.1, 0.15) is 0 Å². The molecule has 0 aromatic rings. The van der Waals surface area contributed by atoms with Gasteiger partial charge in [0.15, 0.2) is 0 Å². The second-order valence-corrected chi connectivity index (χ2v) is 4.99. The number of carboxylic acids is 1. The molecule has 0 radical (unpaired) electrons. The van der Waals surface area contributed by atoms with Crippen molar-refractivity contribution in [2.24, 2.45) is 17.1 Å². The summed E-state index contributed by atoms with van der Waals surface area (Å²) in [6.07, 6.45) is 3.84. The second kappa shape index (κ2) is 6.00. The number of carbonyl (C=O) groups is 2. The Hall–Kier alpha value is -1.10. The number of aliphatic carboxylic acids is 1. The standard InChI is InChI=1S/C12H22N2O3/c1-9(4-2-7-13)10(15)14-8-12(11(16)17)5-3-6-12/h9H,2-8,13H2,1H3,(H,14,15)(H,16,17). The molecular weight excluding hydrogens is 220 g/mol. The highest BCUT2D eigenvalue weighted by Crippen LogP contribution is 2.40. The molecule has 0 aromatic carbocycles. The number of hydrogen-bond donors (Lipinski definition) is 3. The molecule has 0 heterocycles. The SMILES string of the molecule is CC(CCCN)C(=O)NCC1(C(=O)O)CCC1. The smallest absolute Gasteiger partial charge is 0.311 e. The van der Waals surface area contributed by atoms with Crippen molar-refractivity contribution in [2.45, 2.75) is 39.0 Å². The van der Waals surface area contributed by atoms with Crippen molar-refractivity contribution in [3.8, 4) is 0 Å². The van der Waals surface area contributed by atoms with Crippen LogP contribution in [-0.2, 0) is 9.59 Å². The van der Waals surface area contributed by atoms with Crippen LogP contribution in [0.2, 0.25) is 0 Å². The Bertz CT molecular complexity index is 287. The van der Waals surface area contributed by atoms with Crippen LogP contribution >= 0.6 is 0 Å². The zero-order valence-corrected chi connectivity index (χ0v) is 10.4. The van der Waals surface area contributed by atoms with Gasteiger partial charge in [-0.25, -0.2) is 0 Å². The van der Waals surface area contributed by atoms with E-state index < -0.39 is 11.4 Å². The zero-order valence-electron chi connectivity index (χ0n) is 10.4. The van der Waals surface area contributed by atoms with Crippen molar-refractivity contribution >= 4 is 11.9 Å². The summed E-state index contributed by atoms with van der Waals surface area (Å²) in [7, 11) is 0. The normalized spacial score (nSPS) is 19.2. The minimum atomic E-state index is -0.793. The molecule has 1 aliphatic carbocycles. The third-order valence-electron chi connectivity index (χ3n) is 3.65. The molecule has 1 rings (SSSR count). The zero-order chi connectivity index (χ0) is 12.9. The van der Waals surface area contributed by atoms with Gasteiger partial charge in [0.2, 0.25) is 5.91 Å². The van der Waals surface area contributed by atoms with Crippen LogP contribution in [0.1, 0.15) is 39.0 Å². The van der Waals surface area contributed by atoms with Crippen molar-refractivity contribution < 1.29 is 14.7 Å². The van der Waals surface area contributed by atoms with Crippen LogP contribution in [0.15, 0.2) is 0 Å². The molecule has 0 saturated heterocycles. The summed E-state index contributed by atoms with van der Waals surface area (Å²) < 4.78 is 0. The predicted octanol–water partition coefficient (Wildman–Crippen LogP) is 0.733. The summed E-state index contributed by atoms with van der Waals surface area (Å²) in [6.45, 7) is 2.68. The molecule has 1 atom stereocenters. The number of nitrogens with two attached hydrogens (primary N) is 1. The first kappa shape index (κ1) is 14.0. The number of hydrogen-bond acceptors (Lipinski definition) is 3. The lowest BCUT2D eigenvalue weighted by Gasteiger charge is -2.37. The largest absolute Gasteiger partial charge is 0.481 e. The van der Waals surface area contributed by atoms with Gasteiger partial charge < -0.3 is 16.2 Å². The van der Waals surface area contributed by atoms with Crippen LogP contribution in [0.3, 0.4) is 0 Å². The van der Waals surface area contributed by atoms with Crippen molar-refractivity contribution in [3.05, 3.63) is 0 Å². The van der Waals surface area contributed by atoms with E-state index in [-0.39, 0.29) is 18.4 Å². The maximum atomic E-state index is 11.7. The summed E-state index contributed by atoms with van der Waals surface area (Å²) in [5.74, 6) is -0.950. The first-order valence-corrected chi connectivity index (χ1v) is 6.23. The monoisotopic (exact) mass is 242 g/mol. The van der Waals surface area contributed by atoms with Gasteiger partial charge in [-0.05, 0) is 32.2 Å². The van der Waals surface area contributed by atoms with Crippen molar-refractivity contribution in [2.75, 3.05) is 13.1 Å². The maximum absolute atomic E-state index is 11.7. The third kappa shape index (κ3) is 3.43. The van der Waals surface area contributed by atoms with E-state index in [1.165, 1.54) is 0 Å². The van der Waals surface area contributed by atoms with Gasteiger partial charge in [-0.1, -0.05) is 13.3 Å². The summed E-state index contributed by atoms with van der Waals surface area (Å²) in [5.41, 5.74) is 4.68. The summed E-state index contributed by atoms with van der Waals surface area (Å²) in [6, 6.07) is 0. The van der Waals surface area contributed by atoms with E-state index in [4.69, 9.17) is 10.8 Å². The lowest BCUT2D eigenvalue weighted by atomic mass is 9.68. The number of rotatable bonds is 7. The van der Waals surface area contributed by atoms with Crippen LogP contribution in [0.25, 0.3) is 0 Å². The maximum Gasteiger partial charge on any atom is 0.311 e. The minimum absolute atomic E-state index is 0.0639. The highest BCUT2D eigenvalue weighted by molar-refractivity contribution is 5.80. The highest BCUT2D eigenvalue weighted by atomic mass is 16.4. The summed E-state index contributed by atoms with van der Waals surface area (Å²) in [4.78, 5) is 22.8. The Labute approximate surface area is 102 Å². The van der Waals surface area contributed by atoms with Gasteiger partial charge in [0, 0.05) is 12.5 Å². The minimum Gasteiger partial charge on any atom is -0.481 e. The molecule has 17 heavy (non-hydrogen) atoms. The first-order valence-electron chi connectivity index (χ1n) is 6.23. The average molecular weight is 242 g/mol. The Balaban J connectivity index is 2.34. The average Bonchev–Trinajstić information content (AvgIpc) is 2.23. The number of carboxylic acid groups (broad SMARTS) is 1. The molecular formula is C12H22N2O3. The fourth-order valence-electron chi connectivity index (χ4n) is 2.06. The van der Waals surface area contributed by atoms with E-state index in [2.05, 4.69) is 5.32 Å². The van der Waals surface area contributed by atoms with Gasteiger partial charge in [0.05, 0.1) is 5.41 Å². The van der Waals surface area contributed by atoms with Gasteiger partial charge in [0.25, 0.3) is 0 Å². The van der Waals surface area contributed by atoms with E-state index in [1.807, 2.05) is 6.92 Å². The Morgan fingerprint density at radius 1 is 1.47 bits per heavy atom.